The third-order valence-electron chi connectivity index (χ3n) is 2.69. The molecule has 7 heteroatoms. The van der Waals surface area contributed by atoms with Crippen LogP contribution >= 0.6 is 11.6 Å². The summed E-state index contributed by atoms with van der Waals surface area (Å²) in [6.45, 7) is 2.34. The van der Waals surface area contributed by atoms with Crippen molar-refractivity contribution in [2.75, 3.05) is 11.9 Å². The van der Waals surface area contributed by atoms with Crippen LogP contribution in [0.3, 0.4) is 0 Å². The van der Waals surface area contributed by atoms with Gasteiger partial charge >= 0.3 is 0 Å². The highest BCUT2D eigenvalue weighted by atomic mass is 35.5. The molecule has 0 unspecified atom stereocenters. The molecule has 2 heterocycles. The molecule has 2 rings (SSSR count). The number of aromatic nitrogens is 4. The number of nitrogens with zero attached hydrogens (tertiary/aromatic N) is 4. The van der Waals surface area contributed by atoms with E-state index in [2.05, 4.69) is 20.3 Å². The van der Waals surface area contributed by atoms with Gasteiger partial charge in [0, 0.05) is 32.4 Å². The van der Waals surface area contributed by atoms with Crippen molar-refractivity contribution in [3.05, 3.63) is 34.8 Å². The minimum Gasteiger partial charge on any atom is -0.369 e. The SMILES string of the molecule is Cc1nc(Cl)c(C=O)c(NCCc2nccn2C)n1. The van der Waals surface area contributed by atoms with Gasteiger partial charge in [0.2, 0.25) is 0 Å². The fraction of sp³-hybridized carbons (Fsp3) is 0.333. The number of aldehydes is 1. The number of halogens is 1. The molecule has 6 nitrogen and oxygen atoms in total. The zero-order valence-corrected chi connectivity index (χ0v) is 11.5. The van der Waals surface area contributed by atoms with Crippen molar-refractivity contribution >= 4 is 23.7 Å². The summed E-state index contributed by atoms with van der Waals surface area (Å²) in [5.41, 5.74) is 0.284. The zero-order chi connectivity index (χ0) is 13.8. The van der Waals surface area contributed by atoms with E-state index >= 15 is 0 Å². The van der Waals surface area contributed by atoms with Gasteiger partial charge < -0.3 is 9.88 Å². The summed E-state index contributed by atoms with van der Waals surface area (Å²) in [6, 6.07) is 0. The van der Waals surface area contributed by atoms with Gasteiger partial charge in [-0.15, -0.1) is 0 Å². The third-order valence-corrected chi connectivity index (χ3v) is 2.98. The molecule has 19 heavy (non-hydrogen) atoms. The van der Waals surface area contributed by atoms with Crippen molar-refractivity contribution in [1.29, 1.82) is 0 Å². The topological polar surface area (TPSA) is 72.7 Å². The van der Waals surface area contributed by atoms with Crippen LogP contribution in [-0.4, -0.2) is 32.3 Å². The molecule has 0 spiro atoms. The van der Waals surface area contributed by atoms with Gasteiger partial charge in [0.25, 0.3) is 0 Å². The van der Waals surface area contributed by atoms with Gasteiger partial charge in [-0.3, -0.25) is 4.79 Å². The van der Waals surface area contributed by atoms with Gasteiger partial charge in [-0.05, 0) is 6.92 Å². The maximum absolute atomic E-state index is 11.0. The van der Waals surface area contributed by atoms with Gasteiger partial charge in [-0.1, -0.05) is 11.6 Å². The lowest BCUT2D eigenvalue weighted by Crippen LogP contribution is -2.12. The number of hydrogen-bond acceptors (Lipinski definition) is 5. The number of hydrogen-bond donors (Lipinski definition) is 1. The van der Waals surface area contributed by atoms with Crippen LogP contribution in [0.5, 0.6) is 0 Å². The van der Waals surface area contributed by atoms with E-state index < -0.39 is 0 Å². The Balaban J connectivity index is 2.07. The van der Waals surface area contributed by atoms with Gasteiger partial charge in [0.05, 0.1) is 5.56 Å². The molecular formula is C12H14ClN5O. The van der Waals surface area contributed by atoms with Gasteiger partial charge in [0.1, 0.15) is 22.6 Å². The Bertz CT molecular complexity index is 596. The number of aryl methyl sites for hydroxylation is 2. The van der Waals surface area contributed by atoms with E-state index in [0.717, 1.165) is 12.2 Å². The molecular weight excluding hydrogens is 266 g/mol. The average Bonchev–Trinajstić information content (AvgIpc) is 2.75. The van der Waals surface area contributed by atoms with E-state index in [1.165, 1.54) is 0 Å². The van der Waals surface area contributed by atoms with Crippen LogP contribution in [0.2, 0.25) is 5.15 Å². The number of carbonyl (C=O) groups is 1. The number of anilines is 1. The molecule has 0 aliphatic rings. The van der Waals surface area contributed by atoms with Crippen molar-refractivity contribution in [3.63, 3.8) is 0 Å². The van der Waals surface area contributed by atoms with Crippen molar-refractivity contribution in [2.45, 2.75) is 13.3 Å². The molecule has 100 valence electrons. The largest absolute Gasteiger partial charge is 0.369 e. The van der Waals surface area contributed by atoms with Crippen LogP contribution in [-0.2, 0) is 13.5 Å². The predicted molar refractivity (Wildman–Crippen MR) is 72.6 cm³/mol. The Morgan fingerprint density at radius 1 is 1.47 bits per heavy atom. The van der Waals surface area contributed by atoms with Gasteiger partial charge in [-0.25, -0.2) is 15.0 Å². The molecule has 0 aliphatic carbocycles. The van der Waals surface area contributed by atoms with Crippen LogP contribution in [0.25, 0.3) is 0 Å². The Morgan fingerprint density at radius 2 is 2.26 bits per heavy atom. The summed E-state index contributed by atoms with van der Waals surface area (Å²) in [5.74, 6) is 1.94. The molecule has 0 saturated carbocycles. The molecule has 0 amide bonds. The Hall–Kier alpha value is -1.95. The first-order chi connectivity index (χ1) is 9.11. The second kappa shape index (κ2) is 5.79. The molecule has 0 saturated heterocycles. The summed E-state index contributed by atoms with van der Waals surface area (Å²) in [4.78, 5) is 23.3. The zero-order valence-electron chi connectivity index (χ0n) is 10.7. The van der Waals surface area contributed by atoms with Crippen LogP contribution in [0.4, 0.5) is 5.82 Å². The molecule has 0 aromatic carbocycles. The standard InChI is InChI=1S/C12H14ClN5O/c1-8-16-11(13)9(7-19)12(17-8)15-4-3-10-14-5-6-18(10)2/h5-7H,3-4H2,1-2H3,(H,15,16,17). The van der Waals surface area contributed by atoms with Gasteiger partial charge in [0.15, 0.2) is 6.29 Å². The van der Waals surface area contributed by atoms with E-state index in [9.17, 15) is 4.79 Å². The summed E-state index contributed by atoms with van der Waals surface area (Å²) in [5, 5.41) is 3.26. The monoisotopic (exact) mass is 279 g/mol. The first-order valence-corrected chi connectivity index (χ1v) is 6.19. The highest BCUT2D eigenvalue weighted by Crippen LogP contribution is 2.18. The minimum atomic E-state index is 0.169. The first-order valence-electron chi connectivity index (χ1n) is 5.81. The Kier molecular flexibility index (Phi) is 4.11. The van der Waals surface area contributed by atoms with Crippen molar-refractivity contribution < 1.29 is 4.79 Å². The van der Waals surface area contributed by atoms with Crippen LogP contribution < -0.4 is 5.32 Å². The van der Waals surface area contributed by atoms with E-state index in [4.69, 9.17) is 11.6 Å². The van der Waals surface area contributed by atoms with Gasteiger partial charge in [-0.2, -0.15) is 0 Å². The third kappa shape index (κ3) is 3.08. The average molecular weight is 280 g/mol. The summed E-state index contributed by atoms with van der Waals surface area (Å²) < 4.78 is 1.94. The van der Waals surface area contributed by atoms with E-state index in [-0.39, 0.29) is 10.7 Å². The van der Waals surface area contributed by atoms with E-state index in [1.54, 1.807) is 13.1 Å². The molecule has 0 radical (unpaired) electrons. The summed E-state index contributed by atoms with van der Waals surface area (Å²) in [6.07, 6.45) is 5.02. The first kappa shape index (κ1) is 13.5. The Labute approximate surface area is 115 Å². The maximum Gasteiger partial charge on any atom is 0.156 e. The Morgan fingerprint density at radius 3 is 2.89 bits per heavy atom. The van der Waals surface area contributed by atoms with Crippen molar-refractivity contribution in [1.82, 2.24) is 19.5 Å². The van der Waals surface area contributed by atoms with E-state index in [1.807, 2.05) is 17.8 Å². The molecule has 0 bridgehead atoms. The van der Waals surface area contributed by atoms with Crippen molar-refractivity contribution in [2.24, 2.45) is 7.05 Å². The normalized spacial score (nSPS) is 10.5. The van der Waals surface area contributed by atoms with Crippen molar-refractivity contribution in [3.8, 4) is 0 Å². The number of carbonyl (C=O) groups excluding carboxylic acids is 1. The highest BCUT2D eigenvalue weighted by molar-refractivity contribution is 6.32. The smallest absolute Gasteiger partial charge is 0.156 e. The lowest BCUT2D eigenvalue weighted by Gasteiger charge is -2.09. The van der Waals surface area contributed by atoms with E-state index in [0.29, 0.717) is 24.5 Å². The molecule has 0 aliphatic heterocycles. The van der Waals surface area contributed by atoms with Crippen LogP contribution in [0.1, 0.15) is 22.0 Å². The molecule has 2 aromatic heterocycles. The predicted octanol–water partition coefficient (Wildman–Crippen LogP) is 1.64. The summed E-state index contributed by atoms with van der Waals surface area (Å²) in [7, 11) is 1.94. The second-order valence-electron chi connectivity index (χ2n) is 4.07. The van der Waals surface area contributed by atoms with Crippen LogP contribution in [0, 0.1) is 6.92 Å². The highest BCUT2D eigenvalue weighted by Gasteiger charge is 2.10. The minimum absolute atomic E-state index is 0.169. The lowest BCUT2D eigenvalue weighted by molar-refractivity contribution is 0.112. The fourth-order valence-electron chi connectivity index (χ4n) is 1.72. The number of nitrogens with one attached hydrogen (secondary N) is 1. The molecule has 1 N–H and O–H groups in total. The molecule has 2 aromatic rings. The molecule has 0 atom stereocenters. The van der Waals surface area contributed by atoms with Crippen LogP contribution in [0.15, 0.2) is 12.4 Å². The lowest BCUT2D eigenvalue weighted by atomic mass is 10.3. The number of rotatable bonds is 5. The fourth-order valence-corrected chi connectivity index (χ4v) is 1.97. The maximum atomic E-state index is 11.0. The molecule has 0 fully saturated rings. The quantitative estimate of drug-likeness (QED) is 0.665. The number of imidazole rings is 1. The summed E-state index contributed by atoms with van der Waals surface area (Å²) >= 11 is 5.90. The second-order valence-corrected chi connectivity index (χ2v) is 4.43.